The monoisotopic (exact) mass is 539 g/mol. The third kappa shape index (κ3) is 3.87. The number of H-pyrrole nitrogens is 1. The number of aryl methyl sites for hydroxylation is 1. The number of rotatable bonds is 5. The molecule has 2 aromatic carbocycles. The number of nitrogens with zero attached hydrogens (tertiary/aromatic N) is 5. The molecular formula is C28H26FN9O2. The fraction of sp³-hybridized carbons (Fsp3) is 0.250. The fourth-order valence-electron chi connectivity index (χ4n) is 5.90. The molecule has 5 N–H and O–H groups in total. The number of anilines is 2. The lowest BCUT2D eigenvalue weighted by atomic mass is 9.78. The van der Waals surface area contributed by atoms with Gasteiger partial charge in [0.25, 0.3) is 0 Å². The van der Waals surface area contributed by atoms with Crippen molar-refractivity contribution in [3.8, 4) is 11.3 Å². The molecule has 3 aromatic heterocycles. The summed E-state index contributed by atoms with van der Waals surface area (Å²) in [6.07, 6.45) is 3.12. The van der Waals surface area contributed by atoms with Gasteiger partial charge in [0.1, 0.15) is 11.6 Å². The molecule has 11 nitrogen and oxygen atoms in total. The van der Waals surface area contributed by atoms with Gasteiger partial charge >= 0.3 is 6.01 Å². The number of para-hydroxylation sites is 1. The number of nitrogens with one attached hydrogen (secondary N) is 3. The van der Waals surface area contributed by atoms with E-state index in [2.05, 4.69) is 59.7 Å². The van der Waals surface area contributed by atoms with E-state index in [0.717, 1.165) is 22.5 Å². The van der Waals surface area contributed by atoms with Crippen molar-refractivity contribution in [2.24, 2.45) is 0 Å². The van der Waals surface area contributed by atoms with E-state index in [1.54, 1.807) is 25.3 Å². The van der Waals surface area contributed by atoms with E-state index in [4.69, 9.17) is 14.7 Å². The Kier molecular flexibility index (Phi) is 5.52. The number of nitrogens with two attached hydrogens (primary N) is 1. The first-order valence-electron chi connectivity index (χ1n) is 12.9. The molecular weight excluding hydrogens is 513 g/mol. The van der Waals surface area contributed by atoms with Crippen LogP contribution in [0.2, 0.25) is 0 Å². The smallest absolute Gasteiger partial charge is 0.312 e. The van der Waals surface area contributed by atoms with E-state index in [1.165, 1.54) is 17.7 Å². The first kappa shape index (κ1) is 24.2. The highest BCUT2D eigenvalue weighted by Gasteiger charge is 2.56. The summed E-state index contributed by atoms with van der Waals surface area (Å²) in [6, 6.07) is 13.8. The maximum Gasteiger partial charge on any atom is 0.312 e. The third-order valence-corrected chi connectivity index (χ3v) is 7.81. The minimum Gasteiger partial charge on any atom is -0.406 e. The molecule has 5 aromatic rings. The van der Waals surface area contributed by atoms with Gasteiger partial charge in [0.15, 0.2) is 5.54 Å². The second kappa shape index (κ2) is 9.12. The Morgan fingerprint density at radius 2 is 1.95 bits per heavy atom. The van der Waals surface area contributed by atoms with Crippen molar-refractivity contribution in [2.75, 3.05) is 11.1 Å². The highest BCUT2D eigenvalue weighted by Crippen LogP contribution is 2.48. The highest BCUT2D eigenvalue weighted by atomic mass is 19.1. The average Bonchev–Trinajstić information content (AvgIpc) is 3.71. The molecule has 7 rings (SSSR count). The number of halogens is 1. The number of hydrogen-bond acceptors (Lipinski definition) is 10. The number of nitrogen functional groups attached to an aromatic ring is 1. The van der Waals surface area contributed by atoms with Gasteiger partial charge in [0, 0.05) is 24.2 Å². The van der Waals surface area contributed by atoms with Crippen molar-refractivity contribution in [1.82, 2.24) is 35.6 Å². The van der Waals surface area contributed by atoms with E-state index < -0.39 is 5.54 Å². The van der Waals surface area contributed by atoms with Crippen molar-refractivity contribution in [1.29, 1.82) is 0 Å². The van der Waals surface area contributed by atoms with E-state index >= 15 is 0 Å². The van der Waals surface area contributed by atoms with Gasteiger partial charge in [0.2, 0.25) is 17.6 Å². The zero-order chi connectivity index (χ0) is 27.4. The van der Waals surface area contributed by atoms with Crippen LogP contribution in [-0.4, -0.2) is 42.4 Å². The molecule has 0 spiro atoms. The molecule has 2 bridgehead atoms. The third-order valence-electron chi connectivity index (χ3n) is 7.81. The summed E-state index contributed by atoms with van der Waals surface area (Å²) in [7, 11) is 0. The molecule has 2 aliphatic rings. The largest absolute Gasteiger partial charge is 0.406 e. The normalized spacial score (nSPS) is 23.7. The molecule has 4 unspecified atom stereocenters. The lowest BCUT2D eigenvalue weighted by Crippen LogP contribution is -2.58. The Morgan fingerprint density at radius 1 is 1.12 bits per heavy atom. The summed E-state index contributed by atoms with van der Waals surface area (Å²) < 4.78 is 24.8. The van der Waals surface area contributed by atoms with E-state index in [-0.39, 0.29) is 35.7 Å². The number of aromatic nitrogens is 6. The minimum atomic E-state index is -1.20. The van der Waals surface area contributed by atoms with Gasteiger partial charge in [-0.2, -0.15) is 4.98 Å². The van der Waals surface area contributed by atoms with Gasteiger partial charge in [-0.1, -0.05) is 35.0 Å². The van der Waals surface area contributed by atoms with Crippen LogP contribution in [0.1, 0.15) is 47.8 Å². The van der Waals surface area contributed by atoms with Crippen LogP contribution in [0.25, 0.3) is 16.8 Å². The molecule has 12 heteroatoms. The van der Waals surface area contributed by atoms with Crippen LogP contribution in [0.3, 0.4) is 0 Å². The minimum absolute atomic E-state index is 0.0706. The van der Waals surface area contributed by atoms with Crippen LogP contribution in [0.4, 0.5) is 16.1 Å². The molecule has 0 saturated carbocycles. The molecule has 0 radical (unpaired) electrons. The SMILES string of the molecule is C=C(c1ncc(-c2ccc(F)cc2)[nH]1)C1CC2CC(Nc3ccccc32)C(c2noc(C)n2)(c2nnc(N)o2)N1. The molecule has 4 atom stereocenters. The topological polar surface area (TPSA) is 157 Å². The predicted octanol–water partition coefficient (Wildman–Crippen LogP) is 4.16. The van der Waals surface area contributed by atoms with Crippen molar-refractivity contribution in [3.05, 3.63) is 96.1 Å². The Hall–Kier alpha value is -4.84. The van der Waals surface area contributed by atoms with Crippen LogP contribution in [0, 0.1) is 12.7 Å². The maximum absolute atomic E-state index is 13.5. The molecule has 5 heterocycles. The van der Waals surface area contributed by atoms with Gasteiger partial charge < -0.3 is 25.0 Å². The summed E-state index contributed by atoms with van der Waals surface area (Å²) in [5.41, 5.74) is 9.20. The van der Waals surface area contributed by atoms with Crippen molar-refractivity contribution in [3.63, 3.8) is 0 Å². The number of imidazole rings is 1. The quantitative estimate of drug-likeness (QED) is 0.256. The van der Waals surface area contributed by atoms with Crippen LogP contribution < -0.4 is 16.4 Å². The first-order valence-corrected chi connectivity index (χ1v) is 12.9. The Labute approximate surface area is 228 Å². The summed E-state index contributed by atoms with van der Waals surface area (Å²) in [6.45, 7) is 6.18. The lowest BCUT2D eigenvalue weighted by molar-refractivity contribution is 0.247. The summed E-state index contributed by atoms with van der Waals surface area (Å²) in [4.78, 5) is 12.6. The van der Waals surface area contributed by atoms with Gasteiger partial charge in [-0.15, -0.1) is 5.10 Å². The van der Waals surface area contributed by atoms with Gasteiger partial charge in [-0.25, -0.2) is 9.37 Å². The van der Waals surface area contributed by atoms with Crippen LogP contribution in [0.5, 0.6) is 0 Å². The maximum atomic E-state index is 13.5. The molecule has 202 valence electrons. The molecule has 1 fully saturated rings. The standard InChI is InChI=1S/C28H26FN9O2/c1-14(24-31-13-22(34-24)16-7-9-18(29)10-8-16)21-11-17-12-23(33-20-6-4-3-5-19(17)20)28(35-21,25-32-15(2)40-38-25)26-36-37-27(30)39-26/h3-10,13,17,21,23,33,35H,1,11-12H2,2H3,(H2,30,37)(H,31,34). The van der Waals surface area contributed by atoms with Gasteiger partial charge in [-0.05, 0) is 60.2 Å². The second-order valence-electron chi connectivity index (χ2n) is 10.2. The summed E-state index contributed by atoms with van der Waals surface area (Å²) in [5, 5.41) is 20.0. The van der Waals surface area contributed by atoms with Crippen LogP contribution in [0.15, 0.2) is 70.2 Å². The fourth-order valence-corrected chi connectivity index (χ4v) is 5.90. The Balaban J connectivity index is 1.35. The molecule has 0 aliphatic carbocycles. The van der Waals surface area contributed by atoms with Crippen LogP contribution in [-0.2, 0) is 5.54 Å². The Morgan fingerprint density at radius 3 is 2.70 bits per heavy atom. The van der Waals surface area contributed by atoms with Gasteiger partial charge in [0.05, 0.1) is 17.9 Å². The first-order chi connectivity index (χ1) is 19.4. The summed E-state index contributed by atoms with van der Waals surface area (Å²) >= 11 is 0. The van der Waals surface area contributed by atoms with Crippen LogP contribution >= 0.6 is 0 Å². The summed E-state index contributed by atoms with van der Waals surface area (Å²) in [5.74, 6) is 1.40. The van der Waals surface area contributed by atoms with E-state index in [1.807, 2.05) is 12.1 Å². The Bertz CT molecular complexity index is 1670. The second-order valence-corrected chi connectivity index (χ2v) is 10.2. The molecule has 40 heavy (non-hydrogen) atoms. The van der Waals surface area contributed by atoms with E-state index in [0.29, 0.717) is 30.4 Å². The number of hydrogen-bond donors (Lipinski definition) is 4. The zero-order valence-corrected chi connectivity index (χ0v) is 21.6. The van der Waals surface area contributed by atoms with Crippen molar-refractivity contribution in [2.45, 2.75) is 43.3 Å². The number of benzene rings is 2. The number of aromatic amines is 1. The average molecular weight is 540 g/mol. The lowest BCUT2D eigenvalue weighted by Gasteiger charge is -2.40. The molecule has 2 aliphatic heterocycles. The highest BCUT2D eigenvalue weighted by molar-refractivity contribution is 5.68. The number of fused-ring (bicyclic) bond motifs is 4. The molecule has 0 amide bonds. The van der Waals surface area contributed by atoms with E-state index in [9.17, 15) is 4.39 Å². The van der Waals surface area contributed by atoms with Crippen molar-refractivity contribution < 1.29 is 13.3 Å². The van der Waals surface area contributed by atoms with Gasteiger partial charge in [-0.3, -0.25) is 5.32 Å². The molecule has 1 saturated heterocycles. The zero-order valence-electron chi connectivity index (χ0n) is 21.6. The van der Waals surface area contributed by atoms with Crippen molar-refractivity contribution >= 4 is 17.3 Å². The predicted molar refractivity (Wildman–Crippen MR) is 144 cm³/mol.